The molecule has 42 heavy (non-hydrogen) atoms. The predicted molar refractivity (Wildman–Crippen MR) is 193 cm³/mol. The average molecular weight is 607 g/mol. The summed E-state index contributed by atoms with van der Waals surface area (Å²) in [7, 11) is 3.31. The second-order valence-corrected chi connectivity index (χ2v) is 13.3. The summed E-state index contributed by atoms with van der Waals surface area (Å²) in [5.74, 6) is 0.416. The minimum atomic E-state index is -0.140. The highest BCUT2D eigenvalue weighted by molar-refractivity contribution is 7.19. The van der Waals surface area contributed by atoms with E-state index in [1.807, 2.05) is 0 Å². The van der Waals surface area contributed by atoms with Crippen molar-refractivity contribution in [3.8, 4) is 0 Å². The van der Waals surface area contributed by atoms with Gasteiger partial charge < -0.3 is 0 Å². The van der Waals surface area contributed by atoms with Crippen molar-refractivity contribution in [3.63, 3.8) is 0 Å². The SMILES string of the molecule is CCCCCCCCCCCCCCCCCCCCC(c1ccccc1)C(P)(c1ccccc1)c1ccccc1.Cl. The Kier molecular flexibility index (Phi) is 19.9. The van der Waals surface area contributed by atoms with Crippen LogP contribution in [0.1, 0.15) is 152 Å². The molecule has 0 bridgehead atoms. The highest BCUT2D eigenvalue weighted by atomic mass is 35.5. The third-order valence-electron chi connectivity index (χ3n) is 9.10. The standard InChI is InChI=1S/C40H59P.ClH/c1-2-3-4-5-6-7-8-9-10-11-12-13-14-15-16-17-18-28-35-39(36-29-22-19-23-30-36)40(41,37-31-24-20-25-32-37)38-33-26-21-27-34-38;/h19-27,29-34,39H,2-18,28,35,41H2,1H3;1H. The molecule has 3 aromatic rings. The normalized spacial score (nSPS) is 12.1. The van der Waals surface area contributed by atoms with Gasteiger partial charge in [-0.15, -0.1) is 21.6 Å². The zero-order valence-electron chi connectivity index (χ0n) is 26.7. The Morgan fingerprint density at radius 3 is 1.12 bits per heavy atom. The van der Waals surface area contributed by atoms with Crippen molar-refractivity contribution in [2.45, 2.75) is 140 Å². The van der Waals surface area contributed by atoms with Crippen molar-refractivity contribution in [2.24, 2.45) is 0 Å². The third kappa shape index (κ3) is 12.9. The molecule has 2 heteroatoms. The quantitative estimate of drug-likeness (QED) is 0.0743. The Balaban J connectivity index is 0.00000616. The molecule has 0 aromatic heterocycles. The molecule has 0 saturated carbocycles. The van der Waals surface area contributed by atoms with Crippen LogP contribution in [0.2, 0.25) is 0 Å². The van der Waals surface area contributed by atoms with Crippen LogP contribution in [0.25, 0.3) is 0 Å². The lowest BCUT2D eigenvalue weighted by molar-refractivity contribution is 0.476. The van der Waals surface area contributed by atoms with Gasteiger partial charge >= 0.3 is 0 Å². The van der Waals surface area contributed by atoms with Crippen LogP contribution in [0.15, 0.2) is 91.0 Å². The van der Waals surface area contributed by atoms with Crippen LogP contribution in [0.3, 0.4) is 0 Å². The molecule has 0 fully saturated rings. The summed E-state index contributed by atoms with van der Waals surface area (Å²) in [6, 6.07) is 33.5. The van der Waals surface area contributed by atoms with Crippen LogP contribution in [0.5, 0.6) is 0 Å². The molecular formula is C40H60ClP. The molecule has 0 N–H and O–H groups in total. The number of unbranched alkanes of at least 4 members (excludes halogenated alkanes) is 17. The largest absolute Gasteiger partial charge is 0.147 e. The van der Waals surface area contributed by atoms with Gasteiger partial charge in [-0.2, -0.15) is 0 Å². The van der Waals surface area contributed by atoms with Crippen molar-refractivity contribution >= 4 is 21.6 Å². The fraction of sp³-hybridized carbons (Fsp3) is 0.550. The molecular weight excluding hydrogens is 547 g/mol. The zero-order chi connectivity index (χ0) is 28.9. The molecule has 2 atom stereocenters. The van der Waals surface area contributed by atoms with Gasteiger partial charge in [-0.1, -0.05) is 213 Å². The molecule has 0 aliphatic rings. The molecule has 232 valence electrons. The van der Waals surface area contributed by atoms with Gasteiger partial charge in [0.15, 0.2) is 0 Å². The number of rotatable bonds is 23. The number of hydrogen-bond donors (Lipinski definition) is 0. The molecule has 0 saturated heterocycles. The summed E-state index contributed by atoms with van der Waals surface area (Å²) in [6.45, 7) is 2.30. The van der Waals surface area contributed by atoms with Gasteiger partial charge in [0.1, 0.15) is 0 Å². The Hall–Kier alpha value is -1.62. The first-order chi connectivity index (χ1) is 20.3. The van der Waals surface area contributed by atoms with Crippen LogP contribution in [0.4, 0.5) is 0 Å². The predicted octanol–water partition coefficient (Wildman–Crippen LogP) is 13.4. The van der Waals surface area contributed by atoms with Crippen LogP contribution in [0, 0.1) is 0 Å². The van der Waals surface area contributed by atoms with Crippen LogP contribution >= 0.6 is 21.6 Å². The molecule has 2 unspecified atom stereocenters. The number of benzene rings is 3. The van der Waals surface area contributed by atoms with Gasteiger partial charge in [0.05, 0.1) is 0 Å². The second kappa shape index (κ2) is 22.9. The monoisotopic (exact) mass is 606 g/mol. The lowest BCUT2D eigenvalue weighted by atomic mass is 9.74. The maximum atomic E-state index is 3.31. The minimum absolute atomic E-state index is 0. The van der Waals surface area contributed by atoms with Crippen molar-refractivity contribution in [3.05, 3.63) is 108 Å². The van der Waals surface area contributed by atoms with E-state index in [-0.39, 0.29) is 17.6 Å². The second-order valence-electron chi connectivity index (χ2n) is 12.4. The van der Waals surface area contributed by atoms with Gasteiger partial charge in [-0.25, -0.2) is 0 Å². The van der Waals surface area contributed by atoms with E-state index in [2.05, 4.69) is 107 Å². The number of hydrogen-bond acceptors (Lipinski definition) is 0. The van der Waals surface area contributed by atoms with Gasteiger partial charge in [0, 0.05) is 11.1 Å². The first-order valence-electron chi connectivity index (χ1n) is 17.2. The Labute approximate surface area is 268 Å². The first-order valence-corrected chi connectivity index (χ1v) is 17.8. The summed E-state index contributed by atoms with van der Waals surface area (Å²) >= 11 is 0. The van der Waals surface area contributed by atoms with E-state index >= 15 is 0 Å². The van der Waals surface area contributed by atoms with Crippen molar-refractivity contribution in [1.29, 1.82) is 0 Å². The maximum absolute atomic E-state index is 3.31. The van der Waals surface area contributed by atoms with E-state index in [0.717, 1.165) is 0 Å². The van der Waals surface area contributed by atoms with Crippen molar-refractivity contribution in [1.82, 2.24) is 0 Å². The summed E-state index contributed by atoms with van der Waals surface area (Å²) in [6.07, 6.45) is 26.8. The fourth-order valence-corrected chi connectivity index (χ4v) is 7.33. The summed E-state index contributed by atoms with van der Waals surface area (Å²) in [4.78, 5) is 0. The van der Waals surface area contributed by atoms with E-state index in [4.69, 9.17) is 0 Å². The molecule has 3 aromatic carbocycles. The molecule has 0 radical (unpaired) electrons. The van der Waals surface area contributed by atoms with Crippen LogP contribution in [-0.2, 0) is 5.16 Å². The van der Waals surface area contributed by atoms with Gasteiger partial charge in [0.25, 0.3) is 0 Å². The van der Waals surface area contributed by atoms with Gasteiger partial charge in [0.2, 0.25) is 0 Å². The summed E-state index contributed by atoms with van der Waals surface area (Å²) < 4.78 is 0. The minimum Gasteiger partial charge on any atom is -0.147 e. The average Bonchev–Trinajstić information content (AvgIpc) is 3.03. The number of halogens is 1. The molecule has 0 amide bonds. The van der Waals surface area contributed by atoms with Crippen molar-refractivity contribution in [2.75, 3.05) is 0 Å². The van der Waals surface area contributed by atoms with E-state index in [1.54, 1.807) is 0 Å². The molecule has 3 rings (SSSR count). The first kappa shape index (κ1) is 36.6. The lowest BCUT2D eigenvalue weighted by Crippen LogP contribution is -2.29. The maximum Gasteiger partial charge on any atom is 0.0412 e. The van der Waals surface area contributed by atoms with E-state index in [9.17, 15) is 0 Å². The highest BCUT2D eigenvalue weighted by Crippen LogP contribution is 2.52. The smallest absolute Gasteiger partial charge is 0.0412 e. The summed E-state index contributed by atoms with van der Waals surface area (Å²) in [5.41, 5.74) is 4.21. The van der Waals surface area contributed by atoms with Gasteiger partial charge in [-0.3, -0.25) is 0 Å². The molecule has 0 aliphatic heterocycles. The molecule has 0 spiro atoms. The van der Waals surface area contributed by atoms with E-state index < -0.39 is 0 Å². The van der Waals surface area contributed by atoms with Crippen LogP contribution < -0.4 is 0 Å². The molecule has 0 aliphatic carbocycles. The van der Waals surface area contributed by atoms with Gasteiger partial charge in [-0.05, 0) is 23.1 Å². The Morgan fingerprint density at radius 1 is 0.452 bits per heavy atom. The molecule has 0 heterocycles. The Bertz CT molecular complexity index is 964. The Morgan fingerprint density at radius 2 is 0.762 bits per heavy atom. The fourth-order valence-electron chi connectivity index (χ4n) is 6.59. The van der Waals surface area contributed by atoms with E-state index in [0.29, 0.717) is 5.92 Å². The van der Waals surface area contributed by atoms with Crippen LogP contribution in [-0.4, -0.2) is 0 Å². The highest BCUT2D eigenvalue weighted by Gasteiger charge is 2.38. The van der Waals surface area contributed by atoms with E-state index in [1.165, 1.54) is 139 Å². The lowest BCUT2D eigenvalue weighted by Gasteiger charge is -2.39. The summed E-state index contributed by atoms with van der Waals surface area (Å²) in [5, 5.41) is -0.140. The zero-order valence-corrected chi connectivity index (χ0v) is 28.6. The third-order valence-corrected chi connectivity index (χ3v) is 10.2. The molecule has 0 nitrogen and oxygen atoms in total. The topological polar surface area (TPSA) is 0 Å². The van der Waals surface area contributed by atoms with Crippen molar-refractivity contribution < 1.29 is 0 Å².